The van der Waals surface area contributed by atoms with Crippen LogP contribution in [-0.4, -0.2) is 12.9 Å². The molecule has 0 saturated carbocycles. The highest BCUT2D eigenvalue weighted by atomic mass is 79.9. The fourth-order valence-electron chi connectivity index (χ4n) is 1.96. The minimum Gasteiger partial charge on any atom is -0.492 e. The zero-order valence-corrected chi connectivity index (χ0v) is 15.6. The van der Waals surface area contributed by atoms with Gasteiger partial charge in [-0.3, -0.25) is 0 Å². The monoisotopic (exact) mass is 404 g/mol. The molecule has 0 aromatic heterocycles. The van der Waals surface area contributed by atoms with Crippen molar-refractivity contribution in [2.75, 3.05) is 12.9 Å². The van der Waals surface area contributed by atoms with Crippen LogP contribution >= 0.6 is 50.9 Å². The molecule has 1 nitrogen and oxygen atoms in total. The lowest BCUT2D eigenvalue weighted by Crippen LogP contribution is -1.97. The molecule has 0 N–H and O–H groups in total. The van der Waals surface area contributed by atoms with Crippen LogP contribution in [0.1, 0.15) is 22.9 Å². The lowest BCUT2D eigenvalue weighted by Gasteiger charge is -2.15. The smallest absolute Gasteiger partial charge is 0.139 e. The van der Waals surface area contributed by atoms with E-state index in [2.05, 4.69) is 46.5 Å². The number of ether oxygens (including phenoxy) is 1. The van der Waals surface area contributed by atoms with Gasteiger partial charge in [0.15, 0.2) is 0 Å². The zero-order chi connectivity index (χ0) is 15.4. The maximum absolute atomic E-state index is 6.37. The van der Waals surface area contributed by atoms with Crippen LogP contribution in [0, 0.1) is 0 Å². The molecule has 0 fully saturated rings. The summed E-state index contributed by atoms with van der Waals surface area (Å²) in [5, 5.41) is 1.21. The predicted octanol–water partition coefficient (Wildman–Crippen LogP) is 6.60. The van der Waals surface area contributed by atoms with Gasteiger partial charge in [0.1, 0.15) is 5.75 Å². The molecule has 0 spiro atoms. The second kappa shape index (κ2) is 7.77. The summed E-state index contributed by atoms with van der Waals surface area (Å²) >= 11 is 18.0. The van der Waals surface area contributed by atoms with Crippen LogP contribution in [0.2, 0.25) is 10.0 Å². The van der Waals surface area contributed by atoms with Crippen molar-refractivity contribution in [2.24, 2.45) is 0 Å². The van der Waals surface area contributed by atoms with Gasteiger partial charge in [-0.2, -0.15) is 0 Å². The van der Waals surface area contributed by atoms with Gasteiger partial charge >= 0.3 is 0 Å². The van der Waals surface area contributed by atoms with Crippen LogP contribution in [0.5, 0.6) is 5.75 Å². The number of benzene rings is 2. The van der Waals surface area contributed by atoms with Gasteiger partial charge in [0.2, 0.25) is 0 Å². The van der Waals surface area contributed by atoms with E-state index in [0.717, 1.165) is 11.1 Å². The van der Waals surface area contributed by atoms with E-state index < -0.39 is 0 Å². The minimum atomic E-state index is -0.00548. The summed E-state index contributed by atoms with van der Waals surface area (Å²) < 4.78 is 5.45. The van der Waals surface area contributed by atoms with Gasteiger partial charge < -0.3 is 4.74 Å². The van der Waals surface area contributed by atoms with Gasteiger partial charge in [-0.25, -0.2) is 0 Å². The first-order chi connectivity index (χ1) is 10.1. The van der Waals surface area contributed by atoms with E-state index in [0.29, 0.717) is 22.4 Å². The minimum absolute atomic E-state index is 0.00548. The molecule has 112 valence electrons. The highest BCUT2D eigenvalue weighted by Gasteiger charge is 2.17. The van der Waals surface area contributed by atoms with Crippen molar-refractivity contribution in [3.05, 3.63) is 57.6 Å². The second-order valence-corrected chi connectivity index (χ2v) is 6.98. The average molecular weight is 406 g/mol. The van der Waals surface area contributed by atoms with Crippen LogP contribution in [0.25, 0.3) is 0 Å². The van der Waals surface area contributed by atoms with E-state index in [1.54, 1.807) is 17.8 Å². The zero-order valence-electron chi connectivity index (χ0n) is 11.7. The summed E-state index contributed by atoms with van der Waals surface area (Å²) in [5.41, 5.74) is 2.07. The molecular weight excluding hydrogens is 391 g/mol. The van der Waals surface area contributed by atoms with Gasteiger partial charge in [0.25, 0.3) is 0 Å². The van der Waals surface area contributed by atoms with E-state index in [1.807, 2.05) is 13.0 Å². The van der Waals surface area contributed by atoms with E-state index in [9.17, 15) is 0 Å². The number of alkyl halides is 1. The second-order valence-electron chi connectivity index (χ2n) is 4.37. The fraction of sp³-hybridized carbons (Fsp3) is 0.250. The Bertz CT molecular complexity index is 616. The molecule has 2 rings (SSSR count). The maximum Gasteiger partial charge on any atom is 0.139 e. The largest absolute Gasteiger partial charge is 0.492 e. The molecule has 1 unspecified atom stereocenters. The Hall–Kier alpha value is -0.350. The van der Waals surface area contributed by atoms with Crippen LogP contribution in [0.15, 0.2) is 41.3 Å². The number of hydrogen-bond acceptors (Lipinski definition) is 2. The SMILES string of the molecule is CCOc1cc(Cl)c(C(Br)c2ccc(SC)cc2)cc1Cl. The summed E-state index contributed by atoms with van der Waals surface area (Å²) in [6.45, 7) is 2.47. The molecule has 21 heavy (non-hydrogen) atoms. The summed E-state index contributed by atoms with van der Waals surface area (Å²) in [6.07, 6.45) is 2.06. The van der Waals surface area contributed by atoms with Crippen LogP contribution < -0.4 is 4.74 Å². The Morgan fingerprint density at radius 3 is 2.38 bits per heavy atom. The molecule has 0 bridgehead atoms. The van der Waals surface area contributed by atoms with Gasteiger partial charge in [0.05, 0.1) is 16.5 Å². The number of rotatable bonds is 5. The van der Waals surface area contributed by atoms with Crippen molar-refractivity contribution in [3.63, 3.8) is 0 Å². The molecule has 1 atom stereocenters. The van der Waals surface area contributed by atoms with Crippen molar-refractivity contribution in [1.29, 1.82) is 0 Å². The van der Waals surface area contributed by atoms with Crippen molar-refractivity contribution < 1.29 is 4.74 Å². The summed E-state index contributed by atoms with van der Waals surface area (Å²) in [5.74, 6) is 0.616. The lowest BCUT2D eigenvalue weighted by atomic mass is 10.0. The molecule has 0 radical (unpaired) electrons. The number of hydrogen-bond donors (Lipinski definition) is 0. The van der Waals surface area contributed by atoms with Crippen LogP contribution in [0.4, 0.5) is 0 Å². The van der Waals surface area contributed by atoms with Crippen LogP contribution in [0.3, 0.4) is 0 Å². The van der Waals surface area contributed by atoms with E-state index in [4.69, 9.17) is 27.9 Å². The van der Waals surface area contributed by atoms with Gasteiger partial charge in [-0.15, -0.1) is 11.8 Å². The Morgan fingerprint density at radius 1 is 1.14 bits per heavy atom. The average Bonchev–Trinajstić information content (AvgIpc) is 2.50. The predicted molar refractivity (Wildman–Crippen MR) is 96.6 cm³/mol. The van der Waals surface area contributed by atoms with E-state index in [1.165, 1.54) is 4.90 Å². The summed E-state index contributed by atoms with van der Waals surface area (Å²) in [7, 11) is 0. The first kappa shape index (κ1) is 17.0. The highest BCUT2D eigenvalue weighted by Crippen LogP contribution is 2.40. The molecule has 0 aliphatic heterocycles. The fourth-order valence-corrected chi connectivity index (χ4v) is 3.67. The van der Waals surface area contributed by atoms with Crippen molar-refractivity contribution >= 4 is 50.9 Å². The quantitative estimate of drug-likeness (QED) is 0.409. The molecule has 0 aliphatic carbocycles. The number of thioether (sulfide) groups is 1. The van der Waals surface area contributed by atoms with E-state index in [-0.39, 0.29) is 4.83 Å². The first-order valence-electron chi connectivity index (χ1n) is 6.46. The Kier molecular flexibility index (Phi) is 6.30. The van der Waals surface area contributed by atoms with Gasteiger partial charge in [-0.1, -0.05) is 51.3 Å². The van der Waals surface area contributed by atoms with Crippen molar-refractivity contribution in [3.8, 4) is 5.75 Å². The van der Waals surface area contributed by atoms with Gasteiger partial charge in [-0.05, 0) is 42.5 Å². The molecule has 5 heteroatoms. The summed E-state index contributed by atoms with van der Waals surface area (Å²) in [6, 6.07) is 12.0. The summed E-state index contributed by atoms with van der Waals surface area (Å²) in [4.78, 5) is 1.23. The third-order valence-electron chi connectivity index (χ3n) is 3.03. The third-order valence-corrected chi connectivity index (χ3v) is 5.42. The van der Waals surface area contributed by atoms with Crippen molar-refractivity contribution in [1.82, 2.24) is 0 Å². The first-order valence-corrected chi connectivity index (χ1v) is 9.36. The Labute approximate surface area is 148 Å². The topological polar surface area (TPSA) is 9.23 Å². The standard InChI is InChI=1S/C16H15BrCl2OS/c1-3-20-15-9-13(18)12(8-14(15)19)16(17)10-4-6-11(21-2)7-5-10/h4-9,16H,3H2,1-2H3. The van der Waals surface area contributed by atoms with Crippen molar-refractivity contribution in [2.45, 2.75) is 16.6 Å². The molecule has 2 aromatic carbocycles. The molecule has 0 heterocycles. The normalized spacial score (nSPS) is 12.2. The van der Waals surface area contributed by atoms with Gasteiger partial charge in [0, 0.05) is 16.0 Å². The lowest BCUT2D eigenvalue weighted by molar-refractivity contribution is 0.340. The third kappa shape index (κ3) is 4.10. The molecule has 0 aliphatic rings. The van der Waals surface area contributed by atoms with Crippen LogP contribution in [-0.2, 0) is 0 Å². The Morgan fingerprint density at radius 2 is 1.81 bits per heavy atom. The maximum atomic E-state index is 6.37. The molecule has 0 amide bonds. The molecular formula is C16H15BrCl2OS. The van der Waals surface area contributed by atoms with E-state index >= 15 is 0 Å². The Balaban J connectivity index is 2.33. The molecule has 0 saturated heterocycles. The highest BCUT2D eigenvalue weighted by molar-refractivity contribution is 9.09. The molecule has 2 aromatic rings. The number of halogens is 3.